The summed E-state index contributed by atoms with van der Waals surface area (Å²) in [5, 5.41) is 1.10. The second-order valence-electron chi connectivity index (χ2n) is 6.26. The lowest BCUT2D eigenvalue weighted by atomic mass is 9.96. The van der Waals surface area contributed by atoms with Crippen LogP contribution in [0.2, 0.25) is 0 Å². The van der Waals surface area contributed by atoms with E-state index in [4.69, 9.17) is 4.98 Å². The fourth-order valence-electron chi connectivity index (χ4n) is 2.60. The molecule has 4 nitrogen and oxygen atoms in total. The summed E-state index contributed by atoms with van der Waals surface area (Å²) in [6.45, 7) is 15.5. The van der Waals surface area contributed by atoms with Gasteiger partial charge in [0.1, 0.15) is 5.82 Å². The highest BCUT2D eigenvalue weighted by Gasteiger charge is 2.29. The molecule has 0 aliphatic carbocycles. The summed E-state index contributed by atoms with van der Waals surface area (Å²) in [6, 6.07) is 0.678. The van der Waals surface area contributed by atoms with Crippen molar-refractivity contribution in [1.29, 1.82) is 0 Å². The van der Waals surface area contributed by atoms with E-state index in [1.807, 2.05) is 0 Å². The molecule has 1 aliphatic rings. The Morgan fingerprint density at radius 3 is 2.53 bits per heavy atom. The zero-order valence-corrected chi connectivity index (χ0v) is 13.6. The van der Waals surface area contributed by atoms with Crippen LogP contribution in [0.4, 0.5) is 5.13 Å². The topological polar surface area (TPSA) is 32.3 Å². The lowest BCUT2D eigenvalue weighted by molar-refractivity contribution is 0.232. The third kappa shape index (κ3) is 3.26. The number of rotatable bonds is 4. The van der Waals surface area contributed by atoms with Crippen LogP contribution >= 0.6 is 11.5 Å². The Hall–Kier alpha value is -0.680. The predicted molar refractivity (Wildman–Crippen MR) is 82.1 cm³/mol. The first-order chi connectivity index (χ1) is 8.95. The van der Waals surface area contributed by atoms with Gasteiger partial charge in [0.15, 0.2) is 0 Å². The van der Waals surface area contributed by atoms with E-state index in [0.717, 1.165) is 37.1 Å². The molecule has 0 N–H and O–H groups in total. The number of nitrogens with zero attached hydrogens (tertiary/aromatic N) is 4. The summed E-state index contributed by atoms with van der Waals surface area (Å²) in [6.07, 6.45) is 1.24. The molecule has 1 saturated heterocycles. The average molecular weight is 282 g/mol. The smallest absolute Gasteiger partial charge is 0.205 e. The van der Waals surface area contributed by atoms with Crippen LogP contribution in [-0.4, -0.2) is 46.5 Å². The second-order valence-corrected chi connectivity index (χ2v) is 6.99. The lowest BCUT2D eigenvalue weighted by Crippen LogP contribution is -2.37. The van der Waals surface area contributed by atoms with Crippen LogP contribution in [0.3, 0.4) is 0 Å². The zero-order chi connectivity index (χ0) is 14.0. The van der Waals surface area contributed by atoms with E-state index in [0.29, 0.717) is 6.04 Å². The Bertz CT molecular complexity index is 406. The Kier molecular flexibility index (Phi) is 4.46. The minimum Gasteiger partial charge on any atom is -0.345 e. The van der Waals surface area contributed by atoms with Crippen LogP contribution in [0.15, 0.2) is 0 Å². The van der Waals surface area contributed by atoms with E-state index >= 15 is 0 Å². The van der Waals surface area contributed by atoms with Crippen molar-refractivity contribution in [3.05, 3.63) is 5.82 Å². The van der Waals surface area contributed by atoms with Crippen molar-refractivity contribution in [2.24, 2.45) is 0 Å². The van der Waals surface area contributed by atoms with E-state index in [2.05, 4.69) is 48.8 Å². The Balaban J connectivity index is 2.03. The molecule has 1 fully saturated rings. The number of likely N-dealkylation sites (N-methyl/N-ethyl adjacent to an activating group) is 1. The third-order valence-corrected chi connectivity index (χ3v) is 4.63. The van der Waals surface area contributed by atoms with Gasteiger partial charge in [-0.2, -0.15) is 4.37 Å². The van der Waals surface area contributed by atoms with Gasteiger partial charge in [-0.1, -0.05) is 34.6 Å². The lowest BCUT2D eigenvalue weighted by Gasteiger charge is -2.25. The zero-order valence-electron chi connectivity index (χ0n) is 12.8. The van der Waals surface area contributed by atoms with Gasteiger partial charge in [-0.25, -0.2) is 4.98 Å². The SMILES string of the molecule is CCN(CC)C1CCN(c2nc(C(C)(C)C)ns2)C1. The molecule has 1 aromatic rings. The third-order valence-electron chi connectivity index (χ3n) is 3.85. The van der Waals surface area contributed by atoms with Gasteiger partial charge in [-0.3, -0.25) is 4.90 Å². The first kappa shape index (κ1) is 14.7. The van der Waals surface area contributed by atoms with E-state index in [9.17, 15) is 0 Å². The van der Waals surface area contributed by atoms with Crippen LogP contribution in [0, 0.1) is 0 Å². The number of hydrogen-bond acceptors (Lipinski definition) is 5. The predicted octanol–water partition coefficient (Wildman–Crippen LogP) is 2.76. The summed E-state index contributed by atoms with van der Waals surface area (Å²) < 4.78 is 4.52. The van der Waals surface area contributed by atoms with Crippen molar-refractivity contribution in [3.63, 3.8) is 0 Å². The molecule has 0 radical (unpaired) electrons. The largest absolute Gasteiger partial charge is 0.345 e. The van der Waals surface area contributed by atoms with Gasteiger partial charge in [-0.05, 0) is 19.5 Å². The highest BCUT2D eigenvalue weighted by molar-refractivity contribution is 7.09. The van der Waals surface area contributed by atoms with Crippen LogP contribution < -0.4 is 4.90 Å². The Morgan fingerprint density at radius 1 is 1.32 bits per heavy atom. The molecule has 108 valence electrons. The molecule has 0 bridgehead atoms. The van der Waals surface area contributed by atoms with E-state index < -0.39 is 0 Å². The van der Waals surface area contributed by atoms with Crippen molar-refractivity contribution in [2.75, 3.05) is 31.1 Å². The molecule has 1 unspecified atom stereocenters. The molecule has 1 atom stereocenters. The Labute approximate surface area is 121 Å². The normalized spacial score (nSPS) is 20.5. The Morgan fingerprint density at radius 2 is 2.00 bits per heavy atom. The molecular formula is C14H26N4S. The van der Waals surface area contributed by atoms with Crippen molar-refractivity contribution < 1.29 is 0 Å². The average Bonchev–Trinajstić information content (AvgIpc) is 2.97. The molecule has 2 rings (SSSR count). The minimum absolute atomic E-state index is 0.0484. The maximum atomic E-state index is 4.72. The monoisotopic (exact) mass is 282 g/mol. The highest BCUT2D eigenvalue weighted by Crippen LogP contribution is 2.28. The van der Waals surface area contributed by atoms with Crippen LogP contribution in [-0.2, 0) is 5.41 Å². The molecule has 2 heterocycles. The molecule has 5 heteroatoms. The van der Waals surface area contributed by atoms with Crippen molar-refractivity contribution in [2.45, 2.75) is 52.5 Å². The highest BCUT2D eigenvalue weighted by atomic mass is 32.1. The standard InChI is InChI=1S/C14H26N4S/c1-6-17(7-2)11-8-9-18(10-11)13-15-12(16-19-13)14(3,4)5/h11H,6-10H2,1-5H3. The van der Waals surface area contributed by atoms with Crippen LogP contribution in [0.25, 0.3) is 0 Å². The van der Waals surface area contributed by atoms with Crippen molar-refractivity contribution in [3.8, 4) is 0 Å². The summed E-state index contributed by atoms with van der Waals surface area (Å²) in [4.78, 5) is 9.67. The second kappa shape index (κ2) is 5.75. The van der Waals surface area contributed by atoms with Gasteiger partial charge in [0.05, 0.1) is 0 Å². The molecule has 0 amide bonds. The fourth-order valence-corrected chi connectivity index (χ4v) is 3.49. The summed E-state index contributed by atoms with van der Waals surface area (Å²) in [7, 11) is 0. The number of hydrogen-bond donors (Lipinski definition) is 0. The quantitative estimate of drug-likeness (QED) is 0.850. The number of aromatic nitrogens is 2. The first-order valence-corrected chi connectivity index (χ1v) is 8.06. The molecule has 1 aliphatic heterocycles. The van der Waals surface area contributed by atoms with E-state index in [-0.39, 0.29) is 5.41 Å². The maximum absolute atomic E-state index is 4.72. The molecule has 19 heavy (non-hydrogen) atoms. The van der Waals surface area contributed by atoms with Gasteiger partial charge in [-0.15, -0.1) is 0 Å². The number of anilines is 1. The minimum atomic E-state index is 0.0484. The van der Waals surface area contributed by atoms with Gasteiger partial charge < -0.3 is 4.90 Å². The molecule has 0 saturated carbocycles. The molecule has 0 aromatic carbocycles. The van der Waals surface area contributed by atoms with Gasteiger partial charge in [0.2, 0.25) is 5.13 Å². The summed E-state index contributed by atoms with van der Waals surface area (Å²) in [5.41, 5.74) is 0.0484. The molecular weight excluding hydrogens is 256 g/mol. The van der Waals surface area contributed by atoms with Gasteiger partial charge in [0, 0.05) is 36.1 Å². The molecule has 0 spiro atoms. The fraction of sp³-hybridized carbons (Fsp3) is 0.857. The van der Waals surface area contributed by atoms with Crippen molar-refractivity contribution >= 4 is 16.7 Å². The van der Waals surface area contributed by atoms with Gasteiger partial charge in [0.25, 0.3) is 0 Å². The van der Waals surface area contributed by atoms with E-state index in [1.54, 1.807) is 11.5 Å². The van der Waals surface area contributed by atoms with Crippen LogP contribution in [0.1, 0.15) is 46.9 Å². The summed E-state index contributed by atoms with van der Waals surface area (Å²) in [5.74, 6) is 0.971. The maximum Gasteiger partial charge on any atom is 0.205 e. The van der Waals surface area contributed by atoms with Crippen molar-refractivity contribution in [1.82, 2.24) is 14.3 Å². The van der Waals surface area contributed by atoms with Gasteiger partial charge >= 0.3 is 0 Å². The van der Waals surface area contributed by atoms with E-state index in [1.165, 1.54) is 6.42 Å². The first-order valence-electron chi connectivity index (χ1n) is 7.28. The summed E-state index contributed by atoms with van der Waals surface area (Å²) >= 11 is 1.55. The molecule has 1 aromatic heterocycles. The van der Waals surface area contributed by atoms with Crippen LogP contribution in [0.5, 0.6) is 0 Å².